The molecule has 0 saturated heterocycles. The van der Waals surface area contributed by atoms with Crippen LogP contribution in [-0.2, 0) is 9.59 Å². The van der Waals surface area contributed by atoms with E-state index in [4.69, 9.17) is 12.2 Å². The van der Waals surface area contributed by atoms with Gasteiger partial charge in [-0.05, 0) is 36.8 Å². The number of unbranched alkanes of at least 4 members (excludes halogenated alkanes) is 2. The fourth-order valence-electron chi connectivity index (χ4n) is 1.76. The van der Waals surface area contributed by atoms with Crippen molar-refractivity contribution in [2.75, 3.05) is 10.6 Å². The van der Waals surface area contributed by atoms with Crippen molar-refractivity contribution in [1.29, 1.82) is 0 Å². The molecule has 0 aliphatic rings. The summed E-state index contributed by atoms with van der Waals surface area (Å²) < 4.78 is 0. The Hall–Kier alpha value is -1.95. The maximum Gasteiger partial charge on any atom is 0.226 e. The number of hydrogen-bond acceptors (Lipinski definition) is 3. The van der Waals surface area contributed by atoms with Gasteiger partial charge in [0, 0.05) is 24.7 Å². The topological polar surface area (TPSA) is 70.2 Å². The second kappa shape index (κ2) is 9.07. The molecule has 0 unspecified atom stereocenters. The van der Waals surface area contributed by atoms with Gasteiger partial charge in [0.15, 0.2) is 5.11 Å². The van der Waals surface area contributed by atoms with Gasteiger partial charge in [-0.15, -0.1) is 0 Å². The van der Waals surface area contributed by atoms with Crippen LogP contribution >= 0.6 is 12.2 Å². The molecule has 0 saturated carbocycles. The van der Waals surface area contributed by atoms with Crippen LogP contribution in [0.5, 0.6) is 0 Å². The van der Waals surface area contributed by atoms with E-state index in [0.717, 1.165) is 19.3 Å². The number of anilines is 2. The molecule has 0 aromatic heterocycles. The number of carbonyl (C=O) groups is 2. The van der Waals surface area contributed by atoms with E-state index >= 15 is 0 Å². The van der Waals surface area contributed by atoms with Gasteiger partial charge in [-0.2, -0.15) is 0 Å². The fourth-order valence-corrected chi connectivity index (χ4v) is 2.00. The second-order valence-electron chi connectivity index (χ2n) is 4.72. The molecule has 0 radical (unpaired) electrons. The van der Waals surface area contributed by atoms with Crippen LogP contribution in [-0.4, -0.2) is 16.9 Å². The Morgan fingerprint density at radius 1 is 1.14 bits per heavy atom. The van der Waals surface area contributed by atoms with Gasteiger partial charge in [0.25, 0.3) is 0 Å². The molecular formula is C15H21N3O2S. The average Bonchev–Trinajstić information content (AvgIpc) is 2.38. The Labute approximate surface area is 130 Å². The minimum absolute atomic E-state index is 0.0843. The number of benzene rings is 1. The average molecular weight is 307 g/mol. The lowest BCUT2D eigenvalue weighted by atomic mass is 10.2. The fraction of sp³-hybridized carbons (Fsp3) is 0.400. The molecule has 1 aromatic rings. The largest absolute Gasteiger partial charge is 0.332 e. The van der Waals surface area contributed by atoms with Crippen LogP contribution in [0.25, 0.3) is 0 Å². The van der Waals surface area contributed by atoms with Crippen LogP contribution in [0.3, 0.4) is 0 Å². The van der Waals surface area contributed by atoms with E-state index in [0.29, 0.717) is 17.8 Å². The lowest BCUT2D eigenvalue weighted by molar-refractivity contribution is -0.119. The highest BCUT2D eigenvalue weighted by Gasteiger charge is 2.05. The number of thiocarbonyl (C=S) groups is 1. The van der Waals surface area contributed by atoms with Crippen molar-refractivity contribution < 1.29 is 9.59 Å². The van der Waals surface area contributed by atoms with Crippen LogP contribution < -0.4 is 16.0 Å². The molecule has 0 aliphatic carbocycles. The first-order valence-electron chi connectivity index (χ1n) is 6.99. The summed E-state index contributed by atoms with van der Waals surface area (Å²) in [6.07, 6.45) is 3.45. The maximum absolute atomic E-state index is 11.6. The zero-order valence-electron chi connectivity index (χ0n) is 12.4. The first-order chi connectivity index (χ1) is 10.0. The Morgan fingerprint density at radius 3 is 2.43 bits per heavy atom. The SMILES string of the molecule is CCCCCC(=O)NC(=S)Nc1cccc(NC(C)=O)c1. The summed E-state index contributed by atoms with van der Waals surface area (Å²) in [4.78, 5) is 22.6. The molecule has 0 fully saturated rings. The molecule has 21 heavy (non-hydrogen) atoms. The van der Waals surface area contributed by atoms with Gasteiger partial charge in [-0.3, -0.25) is 9.59 Å². The predicted octanol–water partition coefficient (Wildman–Crippen LogP) is 3.04. The Balaban J connectivity index is 2.47. The van der Waals surface area contributed by atoms with Crippen LogP contribution in [0.15, 0.2) is 24.3 Å². The minimum Gasteiger partial charge on any atom is -0.332 e. The third kappa shape index (κ3) is 7.41. The Kier molecular flexibility index (Phi) is 7.39. The van der Waals surface area contributed by atoms with Gasteiger partial charge in [0.1, 0.15) is 0 Å². The summed E-state index contributed by atoms with van der Waals surface area (Å²) in [5.74, 6) is -0.224. The first-order valence-corrected chi connectivity index (χ1v) is 7.40. The minimum atomic E-state index is -0.140. The molecule has 0 atom stereocenters. The van der Waals surface area contributed by atoms with E-state index in [9.17, 15) is 9.59 Å². The molecule has 5 nitrogen and oxygen atoms in total. The monoisotopic (exact) mass is 307 g/mol. The number of amides is 2. The molecule has 2 amide bonds. The summed E-state index contributed by atoms with van der Waals surface area (Å²) >= 11 is 5.09. The summed E-state index contributed by atoms with van der Waals surface area (Å²) in [6, 6.07) is 7.12. The van der Waals surface area contributed by atoms with Crippen molar-refractivity contribution in [2.45, 2.75) is 39.5 Å². The molecule has 3 N–H and O–H groups in total. The summed E-state index contributed by atoms with van der Waals surface area (Å²) in [5.41, 5.74) is 1.38. The highest BCUT2D eigenvalue weighted by molar-refractivity contribution is 7.80. The van der Waals surface area contributed by atoms with Gasteiger partial charge >= 0.3 is 0 Å². The predicted molar refractivity (Wildman–Crippen MR) is 89.3 cm³/mol. The normalized spacial score (nSPS) is 9.81. The van der Waals surface area contributed by atoms with Crippen molar-refractivity contribution in [3.63, 3.8) is 0 Å². The third-order valence-electron chi connectivity index (χ3n) is 2.70. The Morgan fingerprint density at radius 2 is 1.81 bits per heavy atom. The number of carbonyl (C=O) groups excluding carboxylic acids is 2. The molecule has 0 bridgehead atoms. The molecule has 1 aromatic carbocycles. The molecule has 0 heterocycles. The van der Waals surface area contributed by atoms with E-state index < -0.39 is 0 Å². The third-order valence-corrected chi connectivity index (χ3v) is 2.91. The van der Waals surface area contributed by atoms with Crippen molar-refractivity contribution in [2.24, 2.45) is 0 Å². The molecule has 0 aliphatic heterocycles. The quantitative estimate of drug-likeness (QED) is 0.558. The second-order valence-corrected chi connectivity index (χ2v) is 5.13. The van der Waals surface area contributed by atoms with Gasteiger partial charge in [-0.25, -0.2) is 0 Å². The van der Waals surface area contributed by atoms with Gasteiger partial charge in [0.2, 0.25) is 11.8 Å². The number of nitrogens with one attached hydrogen (secondary N) is 3. The Bertz CT molecular complexity index is 517. The standard InChI is InChI=1S/C15H21N3O2S/c1-3-4-5-9-14(20)18-15(21)17-13-8-6-7-12(10-13)16-11(2)19/h6-8,10H,3-5,9H2,1-2H3,(H,16,19)(H2,17,18,20,21). The lowest BCUT2D eigenvalue weighted by Gasteiger charge is -2.11. The van der Waals surface area contributed by atoms with E-state index in [2.05, 4.69) is 22.9 Å². The van der Waals surface area contributed by atoms with E-state index in [-0.39, 0.29) is 16.9 Å². The number of hydrogen-bond donors (Lipinski definition) is 3. The molecular weight excluding hydrogens is 286 g/mol. The van der Waals surface area contributed by atoms with E-state index in [1.54, 1.807) is 24.3 Å². The van der Waals surface area contributed by atoms with Gasteiger partial charge in [-0.1, -0.05) is 25.8 Å². The molecule has 6 heteroatoms. The van der Waals surface area contributed by atoms with Gasteiger partial charge < -0.3 is 16.0 Å². The maximum atomic E-state index is 11.6. The van der Waals surface area contributed by atoms with Crippen LogP contribution in [0.1, 0.15) is 39.5 Å². The zero-order chi connectivity index (χ0) is 15.7. The lowest BCUT2D eigenvalue weighted by Crippen LogP contribution is -2.33. The smallest absolute Gasteiger partial charge is 0.226 e. The highest BCUT2D eigenvalue weighted by Crippen LogP contribution is 2.14. The van der Waals surface area contributed by atoms with Crippen molar-refractivity contribution in [3.05, 3.63) is 24.3 Å². The summed E-state index contributed by atoms with van der Waals surface area (Å²) in [5, 5.41) is 8.51. The van der Waals surface area contributed by atoms with E-state index in [1.165, 1.54) is 6.92 Å². The van der Waals surface area contributed by atoms with Crippen LogP contribution in [0.4, 0.5) is 11.4 Å². The first kappa shape index (κ1) is 17.1. The van der Waals surface area contributed by atoms with Crippen molar-refractivity contribution in [3.8, 4) is 0 Å². The van der Waals surface area contributed by atoms with Gasteiger partial charge in [0.05, 0.1) is 0 Å². The van der Waals surface area contributed by atoms with Crippen molar-refractivity contribution >= 4 is 40.5 Å². The van der Waals surface area contributed by atoms with E-state index in [1.807, 2.05) is 0 Å². The summed E-state index contributed by atoms with van der Waals surface area (Å²) in [6.45, 7) is 3.54. The summed E-state index contributed by atoms with van der Waals surface area (Å²) in [7, 11) is 0. The van der Waals surface area contributed by atoms with Crippen molar-refractivity contribution in [1.82, 2.24) is 5.32 Å². The van der Waals surface area contributed by atoms with Crippen LogP contribution in [0, 0.1) is 0 Å². The molecule has 0 spiro atoms. The molecule has 1 rings (SSSR count). The highest BCUT2D eigenvalue weighted by atomic mass is 32.1. The molecule has 114 valence electrons. The van der Waals surface area contributed by atoms with Crippen LogP contribution in [0.2, 0.25) is 0 Å². The number of rotatable bonds is 6. The zero-order valence-corrected chi connectivity index (χ0v) is 13.2.